The number of esters is 1. The van der Waals surface area contributed by atoms with Crippen LogP contribution in [0.3, 0.4) is 0 Å². The second kappa shape index (κ2) is 13.1. The minimum Gasteiger partial charge on any atom is -0.463 e. The third kappa shape index (κ3) is 6.90. The highest BCUT2D eigenvalue weighted by Crippen LogP contribution is 2.28. The van der Waals surface area contributed by atoms with E-state index in [0.717, 1.165) is 12.8 Å². The number of aliphatic hydroxyl groups is 1. The molecule has 1 N–H and O–H groups in total. The lowest BCUT2D eigenvalue weighted by Crippen LogP contribution is -2.40. The summed E-state index contributed by atoms with van der Waals surface area (Å²) in [6.07, 6.45) is 12.5. The molecule has 0 fully saturated rings. The first kappa shape index (κ1) is 24.0. The highest BCUT2D eigenvalue weighted by molar-refractivity contribution is 5.84. The number of aryl methyl sites for hydroxylation is 1. The second-order valence-electron chi connectivity index (χ2n) is 7.69. The maximum atomic E-state index is 12.5. The number of aromatic nitrogens is 4. The zero-order valence-corrected chi connectivity index (χ0v) is 18.4. The molecule has 0 radical (unpaired) electrons. The molecule has 2 aromatic rings. The van der Waals surface area contributed by atoms with Gasteiger partial charge in [-0.25, -0.2) is 4.79 Å². The summed E-state index contributed by atoms with van der Waals surface area (Å²) in [4.78, 5) is 14.0. The molecule has 1 unspecified atom stereocenters. The van der Waals surface area contributed by atoms with Crippen molar-refractivity contribution >= 4 is 5.97 Å². The van der Waals surface area contributed by atoms with E-state index < -0.39 is 11.6 Å². The summed E-state index contributed by atoms with van der Waals surface area (Å²) in [7, 11) is 0. The van der Waals surface area contributed by atoms with Crippen LogP contribution in [0, 0.1) is 0 Å². The second-order valence-corrected chi connectivity index (χ2v) is 7.69. The highest BCUT2D eigenvalue weighted by Gasteiger charge is 2.46. The Morgan fingerprint density at radius 2 is 1.57 bits per heavy atom. The summed E-state index contributed by atoms with van der Waals surface area (Å²) >= 11 is 0. The van der Waals surface area contributed by atoms with Crippen molar-refractivity contribution in [1.29, 1.82) is 0 Å². The molecule has 1 heterocycles. The molecule has 1 aromatic carbocycles. The summed E-state index contributed by atoms with van der Waals surface area (Å²) in [6, 6.07) is 8.60. The Balaban J connectivity index is 1.84. The molecule has 0 aliphatic rings. The van der Waals surface area contributed by atoms with Crippen LogP contribution in [0.4, 0.5) is 0 Å². The molecular formula is C23H36N4O3. The molecule has 0 aliphatic carbocycles. The predicted octanol–water partition coefficient (Wildman–Crippen LogP) is 4.39. The molecule has 0 saturated carbocycles. The smallest absolute Gasteiger partial charge is 0.351 e. The quantitative estimate of drug-likeness (QED) is 0.342. The summed E-state index contributed by atoms with van der Waals surface area (Å²) in [5.74, 6) is -0.853. The first-order chi connectivity index (χ1) is 14.6. The first-order valence-corrected chi connectivity index (χ1v) is 11.4. The fourth-order valence-corrected chi connectivity index (χ4v) is 3.48. The van der Waals surface area contributed by atoms with Gasteiger partial charge >= 0.3 is 5.97 Å². The maximum absolute atomic E-state index is 12.5. The molecule has 0 spiro atoms. The summed E-state index contributed by atoms with van der Waals surface area (Å²) in [5.41, 5.74) is -1.70. The number of nitrogens with zero attached hydrogens (tertiary/aromatic N) is 4. The lowest BCUT2D eigenvalue weighted by Gasteiger charge is -2.22. The third-order valence-electron chi connectivity index (χ3n) is 5.25. The molecule has 2 rings (SSSR count). The van der Waals surface area contributed by atoms with Gasteiger partial charge in [-0.3, -0.25) is 0 Å². The minimum atomic E-state index is -2.06. The zero-order valence-electron chi connectivity index (χ0n) is 18.4. The number of tetrazole rings is 1. The number of carbonyl (C=O) groups is 1. The largest absolute Gasteiger partial charge is 0.463 e. The van der Waals surface area contributed by atoms with E-state index in [0.29, 0.717) is 12.1 Å². The van der Waals surface area contributed by atoms with Gasteiger partial charge in [0.25, 0.3) is 5.60 Å². The van der Waals surface area contributed by atoms with Crippen molar-refractivity contribution in [1.82, 2.24) is 20.2 Å². The van der Waals surface area contributed by atoms with Gasteiger partial charge in [0.15, 0.2) is 0 Å². The van der Waals surface area contributed by atoms with Crippen molar-refractivity contribution in [2.45, 2.75) is 90.2 Å². The molecule has 0 bridgehead atoms. The van der Waals surface area contributed by atoms with Crippen LogP contribution < -0.4 is 0 Å². The van der Waals surface area contributed by atoms with E-state index >= 15 is 0 Å². The van der Waals surface area contributed by atoms with Crippen molar-refractivity contribution in [3.63, 3.8) is 0 Å². The Bertz CT molecular complexity index is 735. The van der Waals surface area contributed by atoms with Gasteiger partial charge in [0.05, 0.1) is 13.2 Å². The zero-order chi connectivity index (χ0) is 21.7. The van der Waals surface area contributed by atoms with Crippen molar-refractivity contribution in [3.05, 3.63) is 41.7 Å². The van der Waals surface area contributed by atoms with E-state index in [1.807, 2.05) is 6.07 Å². The minimum absolute atomic E-state index is 0.0563. The molecule has 0 amide bonds. The first-order valence-electron chi connectivity index (χ1n) is 11.4. The lowest BCUT2D eigenvalue weighted by atomic mass is 9.93. The van der Waals surface area contributed by atoms with Crippen molar-refractivity contribution in [3.8, 4) is 0 Å². The molecule has 166 valence electrons. The number of hydrogen-bond acceptors (Lipinski definition) is 6. The van der Waals surface area contributed by atoms with Crippen LogP contribution in [-0.4, -0.2) is 37.9 Å². The van der Waals surface area contributed by atoms with Crippen LogP contribution in [0.2, 0.25) is 0 Å². The maximum Gasteiger partial charge on any atom is 0.351 e. The molecule has 7 nitrogen and oxygen atoms in total. The highest BCUT2D eigenvalue weighted by atomic mass is 16.5. The van der Waals surface area contributed by atoms with Gasteiger partial charge in [-0.05, 0) is 18.6 Å². The van der Waals surface area contributed by atoms with Gasteiger partial charge < -0.3 is 9.84 Å². The standard InChI is InChI=1S/C23H36N4O3/c1-3-5-6-7-8-9-10-11-12-16-19-27-25-21(24-26-27)23(29,22(28)30-4-2)20-17-14-13-15-18-20/h13-15,17-18,29H,3-12,16,19H2,1-2H3. The van der Waals surface area contributed by atoms with Crippen molar-refractivity contribution < 1.29 is 14.6 Å². The van der Waals surface area contributed by atoms with E-state index in [-0.39, 0.29) is 12.4 Å². The van der Waals surface area contributed by atoms with Crippen LogP contribution in [0.15, 0.2) is 30.3 Å². The molecular weight excluding hydrogens is 380 g/mol. The SMILES string of the molecule is CCCCCCCCCCCCn1nnc(C(O)(C(=O)OCC)c2ccccc2)n1. The van der Waals surface area contributed by atoms with E-state index in [9.17, 15) is 9.90 Å². The van der Waals surface area contributed by atoms with Gasteiger partial charge in [0, 0.05) is 5.56 Å². The summed E-state index contributed by atoms with van der Waals surface area (Å²) < 4.78 is 5.09. The number of ether oxygens (including phenoxy) is 1. The third-order valence-corrected chi connectivity index (χ3v) is 5.25. The van der Waals surface area contributed by atoms with Crippen LogP contribution in [0.25, 0.3) is 0 Å². The van der Waals surface area contributed by atoms with Gasteiger partial charge in [-0.15, -0.1) is 10.2 Å². The Morgan fingerprint density at radius 3 is 2.17 bits per heavy atom. The monoisotopic (exact) mass is 416 g/mol. The van der Waals surface area contributed by atoms with E-state index in [1.54, 1.807) is 31.2 Å². The Labute approximate surface area is 179 Å². The molecule has 1 atom stereocenters. The van der Waals surface area contributed by atoms with Crippen molar-refractivity contribution in [2.75, 3.05) is 6.61 Å². The number of rotatable bonds is 15. The van der Waals surface area contributed by atoms with E-state index in [1.165, 1.54) is 56.2 Å². The average molecular weight is 417 g/mol. The van der Waals surface area contributed by atoms with Crippen LogP contribution in [0.1, 0.15) is 89.4 Å². The molecule has 0 saturated heterocycles. The number of unbranched alkanes of at least 4 members (excludes halogenated alkanes) is 9. The Hall–Kier alpha value is -2.28. The number of hydrogen-bond donors (Lipinski definition) is 1. The fraction of sp³-hybridized carbons (Fsp3) is 0.652. The molecule has 1 aromatic heterocycles. The number of benzene rings is 1. The van der Waals surface area contributed by atoms with Gasteiger partial charge in [0.1, 0.15) is 0 Å². The van der Waals surface area contributed by atoms with E-state index in [2.05, 4.69) is 22.3 Å². The van der Waals surface area contributed by atoms with Gasteiger partial charge in [0.2, 0.25) is 5.82 Å². The van der Waals surface area contributed by atoms with Crippen LogP contribution >= 0.6 is 0 Å². The lowest BCUT2D eigenvalue weighted by molar-refractivity contribution is -0.162. The molecule has 30 heavy (non-hydrogen) atoms. The van der Waals surface area contributed by atoms with Gasteiger partial charge in [-0.1, -0.05) is 95.0 Å². The normalized spacial score (nSPS) is 13.2. The Kier molecular flexibility index (Phi) is 10.5. The fourth-order valence-electron chi connectivity index (χ4n) is 3.48. The molecule has 7 heteroatoms. The molecule has 0 aliphatic heterocycles. The van der Waals surface area contributed by atoms with Gasteiger partial charge in [-0.2, -0.15) is 4.80 Å². The van der Waals surface area contributed by atoms with E-state index in [4.69, 9.17) is 4.74 Å². The predicted molar refractivity (Wildman–Crippen MR) is 116 cm³/mol. The summed E-state index contributed by atoms with van der Waals surface area (Å²) in [5, 5.41) is 23.4. The van der Waals surface area contributed by atoms with Crippen LogP contribution in [0.5, 0.6) is 0 Å². The topological polar surface area (TPSA) is 90.1 Å². The summed E-state index contributed by atoms with van der Waals surface area (Å²) in [6.45, 7) is 4.70. The van der Waals surface area contributed by atoms with Crippen LogP contribution in [-0.2, 0) is 21.7 Å². The average Bonchev–Trinajstić information content (AvgIpc) is 3.24. The Morgan fingerprint density at radius 1 is 0.967 bits per heavy atom. The van der Waals surface area contributed by atoms with Crippen molar-refractivity contribution in [2.24, 2.45) is 0 Å². The number of carbonyl (C=O) groups excluding carboxylic acids is 1.